The first kappa shape index (κ1) is 19.3. The largest absolute Gasteiger partial charge is 0.485 e. The molecule has 2 aromatic rings. The smallest absolute Gasteiger partial charge is 0.218 e. The monoisotopic (exact) mass is 383 g/mol. The van der Waals surface area contributed by atoms with E-state index in [9.17, 15) is 14.4 Å². The van der Waals surface area contributed by atoms with Crippen LogP contribution in [0.15, 0.2) is 42.6 Å². The number of ether oxygens (including phenoxy) is 1. The van der Waals surface area contributed by atoms with Gasteiger partial charge in [-0.1, -0.05) is 36.9 Å². The van der Waals surface area contributed by atoms with Crippen molar-refractivity contribution in [2.24, 2.45) is 0 Å². The van der Waals surface area contributed by atoms with Crippen molar-refractivity contribution in [1.29, 1.82) is 0 Å². The topological polar surface area (TPSA) is 73.3 Å². The van der Waals surface area contributed by atoms with Crippen LogP contribution in [0.25, 0.3) is 0 Å². The summed E-state index contributed by atoms with van der Waals surface area (Å²) < 4.78 is 4.86. The summed E-state index contributed by atoms with van der Waals surface area (Å²) in [7, 11) is 0. The molecule has 3 rings (SSSR count). The number of benzene rings is 1. The van der Waals surface area contributed by atoms with Crippen LogP contribution < -0.4 is 4.74 Å². The van der Waals surface area contributed by atoms with Gasteiger partial charge in [0.1, 0.15) is 11.4 Å². The van der Waals surface area contributed by atoms with Crippen molar-refractivity contribution in [3.05, 3.63) is 59.4 Å². The fourth-order valence-corrected chi connectivity index (χ4v) is 4.04. The van der Waals surface area contributed by atoms with Crippen molar-refractivity contribution < 1.29 is 19.1 Å². The van der Waals surface area contributed by atoms with Crippen LogP contribution in [0.2, 0.25) is 0 Å². The average Bonchev–Trinajstić information content (AvgIpc) is 2.92. The van der Waals surface area contributed by atoms with Crippen LogP contribution in [0.1, 0.15) is 41.9 Å². The number of Topliss-reactive ketones (excluding diaryl/α,β-unsaturated/α-hetero) is 2. The number of carbonyl (C=O) groups excluding carboxylic acids is 3. The number of ketones is 2. The predicted molar refractivity (Wildman–Crippen MR) is 104 cm³/mol. The van der Waals surface area contributed by atoms with Crippen molar-refractivity contribution in [3.63, 3.8) is 0 Å². The zero-order valence-corrected chi connectivity index (χ0v) is 16.2. The van der Waals surface area contributed by atoms with Crippen LogP contribution in [0.4, 0.5) is 0 Å². The second kappa shape index (κ2) is 8.05. The number of carbonyl (C=O) groups is 3. The number of nitrogens with zero attached hydrogens (tertiary/aromatic N) is 1. The molecule has 1 aromatic carbocycles. The van der Waals surface area contributed by atoms with Crippen molar-refractivity contribution >= 4 is 28.4 Å². The van der Waals surface area contributed by atoms with E-state index in [1.807, 2.05) is 32.0 Å². The third kappa shape index (κ3) is 4.63. The van der Waals surface area contributed by atoms with Gasteiger partial charge in [-0.3, -0.25) is 19.4 Å². The van der Waals surface area contributed by atoms with Crippen molar-refractivity contribution in [2.45, 2.75) is 37.9 Å². The normalized spacial score (nSPS) is 19.3. The van der Waals surface area contributed by atoms with Gasteiger partial charge in [0.05, 0.1) is 11.2 Å². The molecule has 6 heteroatoms. The SMILES string of the molecule is CCc1ccc(C(=O)COc2ccc(CC3(C)SC(=O)CC3=O)cc2)nc1. The highest BCUT2D eigenvalue weighted by Crippen LogP contribution is 2.38. The number of thioether (sulfide) groups is 1. The number of hydrogen-bond donors (Lipinski definition) is 0. The summed E-state index contributed by atoms with van der Waals surface area (Å²) >= 11 is 1.12. The third-order valence-electron chi connectivity index (χ3n) is 4.59. The van der Waals surface area contributed by atoms with Crippen LogP contribution in [0, 0.1) is 0 Å². The lowest BCUT2D eigenvalue weighted by Crippen LogP contribution is -2.29. The Morgan fingerprint density at radius 2 is 1.85 bits per heavy atom. The Kier molecular flexibility index (Phi) is 5.75. The van der Waals surface area contributed by atoms with Crippen molar-refractivity contribution in [1.82, 2.24) is 4.98 Å². The molecule has 1 fully saturated rings. The summed E-state index contributed by atoms with van der Waals surface area (Å²) in [6.07, 6.45) is 3.09. The molecule has 0 spiro atoms. The Morgan fingerprint density at radius 1 is 1.15 bits per heavy atom. The van der Waals surface area contributed by atoms with Crippen molar-refractivity contribution in [3.8, 4) is 5.75 Å². The summed E-state index contributed by atoms with van der Waals surface area (Å²) in [5.41, 5.74) is 2.42. The van der Waals surface area contributed by atoms with Crippen molar-refractivity contribution in [2.75, 3.05) is 6.61 Å². The molecule has 0 N–H and O–H groups in total. The van der Waals surface area contributed by atoms with E-state index in [0.29, 0.717) is 17.9 Å². The second-order valence-corrected chi connectivity index (χ2v) is 8.30. The Morgan fingerprint density at radius 3 is 2.41 bits per heavy atom. The first-order chi connectivity index (χ1) is 12.9. The maximum absolute atomic E-state index is 12.2. The summed E-state index contributed by atoms with van der Waals surface area (Å²) in [4.78, 5) is 39.8. The molecule has 1 atom stereocenters. The van der Waals surface area contributed by atoms with Gasteiger partial charge in [0.15, 0.2) is 17.5 Å². The molecule has 2 heterocycles. The molecule has 1 unspecified atom stereocenters. The minimum atomic E-state index is -0.689. The molecule has 0 bridgehead atoms. The summed E-state index contributed by atoms with van der Waals surface area (Å²) in [5.74, 6) is 0.370. The fraction of sp³-hybridized carbons (Fsp3) is 0.333. The van der Waals surface area contributed by atoms with E-state index in [0.717, 1.165) is 29.3 Å². The molecule has 1 saturated heterocycles. The van der Waals surface area contributed by atoms with Crippen LogP contribution in [-0.4, -0.2) is 33.0 Å². The van der Waals surface area contributed by atoms with E-state index < -0.39 is 4.75 Å². The van der Waals surface area contributed by atoms with Gasteiger partial charge < -0.3 is 4.74 Å². The van der Waals surface area contributed by atoms with E-state index in [-0.39, 0.29) is 29.7 Å². The van der Waals surface area contributed by atoms with E-state index >= 15 is 0 Å². The van der Waals surface area contributed by atoms with E-state index in [1.165, 1.54) is 0 Å². The molecule has 0 saturated carbocycles. The zero-order valence-electron chi connectivity index (χ0n) is 15.4. The molecule has 1 aromatic heterocycles. The Hall–Kier alpha value is -2.47. The van der Waals surface area contributed by atoms with Crippen LogP contribution in [-0.2, 0) is 22.4 Å². The standard InChI is InChI=1S/C21H21NO4S/c1-3-14-6-9-17(22-12-14)18(23)13-26-16-7-4-15(5-8-16)11-21(2)19(24)10-20(25)27-21/h4-9,12H,3,10-11,13H2,1-2H3. The number of hydrogen-bond acceptors (Lipinski definition) is 6. The van der Waals surface area contributed by atoms with E-state index in [4.69, 9.17) is 4.74 Å². The van der Waals surface area contributed by atoms with Gasteiger partial charge in [0.2, 0.25) is 5.78 Å². The van der Waals surface area contributed by atoms with Gasteiger partial charge in [-0.15, -0.1) is 0 Å². The average molecular weight is 383 g/mol. The third-order valence-corrected chi connectivity index (χ3v) is 5.78. The molecule has 140 valence electrons. The highest BCUT2D eigenvalue weighted by Gasteiger charge is 2.43. The highest BCUT2D eigenvalue weighted by atomic mass is 32.2. The number of pyridine rings is 1. The lowest BCUT2D eigenvalue weighted by molar-refractivity contribution is -0.123. The van der Waals surface area contributed by atoms with Gasteiger partial charge in [-0.2, -0.15) is 0 Å². The minimum Gasteiger partial charge on any atom is -0.485 e. The first-order valence-electron chi connectivity index (χ1n) is 8.84. The van der Waals surface area contributed by atoms with Crippen LogP contribution in [0.5, 0.6) is 5.75 Å². The number of aromatic nitrogens is 1. The van der Waals surface area contributed by atoms with Gasteiger partial charge in [0, 0.05) is 6.20 Å². The highest BCUT2D eigenvalue weighted by molar-refractivity contribution is 8.16. The molecule has 1 aliphatic rings. The zero-order chi connectivity index (χ0) is 19.4. The van der Waals surface area contributed by atoms with Gasteiger partial charge in [-0.25, -0.2) is 0 Å². The lowest BCUT2D eigenvalue weighted by Gasteiger charge is -2.19. The van der Waals surface area contributed by atoms with Gasteiger partial charge in [-0.05, 0) is 49.1 Å². The molecule has 0 aliphatic carbocycles. The minimum absolute atomic E-state index is 0.0117. The van der Waals surface area contributed by atoms with Gasteiger partial charge >= 0.3 is 0 Å². The lowest BCUT2D eigenvalue weighted by atomic mass is 9.95. The summed E-state index contributed by atoms with van der Waals surface area (Å²) in [6, 6.07) is 10.9. The van der Waals surface area contributed by atoms with Crippen LogP contribution in [0.3, 0.4) is 0 Å². The number of rotatable bonds is 7. The van der Waals surface area contributed by atoms with Gasteiger partial charge in [0.25, 0.3) is 0 Å². The van der Waals surface area contributed by atoms with Crippen LogP contribution >= 0.6 is 11.8 Å². The summed E-state index contributed by atoms with van der Waals surface area (Å²) in [5, 5.41) is -0.0680. The molecule has 0 radical (unpaired) electrons. The Labute approximate surface area is 162 Å². The molecule has 5 nitrogen and oxygen atoms in total. The molecular formula is C21H21NO4S. The molecule has 1 aliphatic heterocycles. The number of aryl methyl sites for hydroxylation is 1. The quantitative estimate of drug-likeness (QED) is 0.539. The maximum Gasteiger partial charge on any atom is 0.218 e. The summed E-state index contributed by atoms with van der Waals surface area (Å²) in [6.45, 7) is 3.76. The van der Waals surface area contributed by atoms with E-state index in [1.54, 1.807) is 24.4 Å². The molecular weight excluding hydrogens is 362 g/mol. The van der Waals surface area contributed by atoms with E-state index in [2.05, 4.69) is 4.98 Å². The maximum atomic E-state index is 12.2. The predicted octanol–water partition coefficient (Wildman–Crippen LogP) is 3.44. The molecule has 0 amide bonds. The Balaban J connectivity index is 1.56. The fourth-order valence-electron chi connectivity index (χ4n) is 2.91. The second-order valence-electron chi connectivity index (χ2n) is 6.74. The Bertz CT molecular complexity index is 861. The first-order valence-corrected chi connectivity index (χ1v) is 9.66. The molecule has 27 heavy (non-hydrogen) atoms.